The minimum atomic E-state index is -0.666. The lowest BCUT2D eigenvalue weighted by Crippen LogP contribution is -2.51. The molecule has 0 unspecified atom stereocenters. The van der Waals surface area contributed by atoms with Crippen LogP contribution in [0.15, 0.2) is 49.2 Å². The van der Waals surface area contributed by atoms with Crippen LogP contribution >= 0.6 is 12.2 Å². The first-order valence-corrected chi connectivity index (χ1v) is 7.61. The second-order valence-corrected chi connectivity index (χ2v) is 5.52. The molecular formula is C17H18N2O4S. The summed E-state index contributed by atoms with van der Waals surface area (Å²) >= 11 is 5.15. The Labute approximate surface area is 145 Å². The molecule has 0 spiro atoms. The number of hydrogen-bond acceptors (Lipinski definition) is 5. The van der Waals surface area contributed by atoms with E-state index in [2.05, 4.69) is 28.5 Å². The van der Waals surface area contributed by atoms with E-state index in [1.54, 1.807) is 24.3 Å². The maximum absolute atomic E-state index is 12.4. The Morgan fingerprint density at radius 2 is 2.00 bits per heavy atom. The summed E-state index contributed by atoms with van der Waals surface area (Å²) in [5, 5.41) is 6.27. The molecule has 0 aromatic heterocycles. The van der Waals surface area contributed by atoms with Crippen molar-refractivity contribution in [2.75, 3.05) is 13.7 Å². The first-order chi connectivity index (χ1) is 11.5. The van der Waals surface area contributed by atoms with Gasteiger partial charge in [-0.15, -0.1) is 0 Å². The second-order valence-electron chi connectivity index (χ2n) is 5.11. The molecule has 6 nitrogen and oxygen atoms in total. The van der Waals surface area contributed by atoms with Crippen molar-refractivity contribution in [1.82, 2.24) is 10.6 Å². The lowest BCUT2D eigenvalue weighted by Gasteiger charge is -2.34. The molecule has 1 heterocycles. The van der Waals surface area contributed by atoms with E-state index < -0.39 is 23.9 Å². The third-order valence-electron chi connectivity index (χ3n) is 3.56. The quantitative estimate of drug-likeness (QED) is 0.479. The zero-order valence-electron chi connectivity index (χ0n) is 13.2. The molecule has 0 bridgehead atoms. The smallest absolute Gasteiger partial charge is 0.337 e. The number of benzene rings is 1. The molecule has 1 saturated heterocycles. The standard InChI is InChI=1S/C17H18N2O4S/c1-4-9-23-16(21)13-10(2)18-17(24)19-14(13)11-5-7-12(8-6-11)15(20)22-3/h4-8,13-14H,1-2,9H2,3H3,(H2,18,19,24)/t13-,14-/m1/s1. The number of thiocarbonyl (C=S) groups is 1. The van der Waals surface area contributed by atoms with Crippen LogP contribution in [0.5, 0.6) is 0 Å². The number of nitrogens with one attached hydrogen (secondary N) is 2. The molecule has 2 rings (SSSR count). The SMILES string of the molecule is C=CCOC(=O)[C@@H]1C(=C)NC(=S)N[C@@H]1c1ccc(C(=O)OC)cc1. The van der Waals surface area contributed by atoms with E-state index >= 15 is 0 Å². The van der Waals surface area contributed by atoms with Gasteiger partial charge in [0, 0.05) is 5.70 Å². The van der Waals surface area contributed by atoms with Crippen LogP contribution in [0.3, 0.4) is 0 Å². The molecule has 7 heteroatoms. The van der Waals surface area contributed by atoms with Gasteiger partial charge in [0.1, 0.15) is 12.5 Å². The van der Waals surface area contributed by atoms with Crippen molar-refractivity contribution in [2.24, 2.45) is 5.92 Å². The maximum Gasteiger partial charge on any atom is 0.337 e. The molecule has 126 valence electrons. The van der Waals surface area contributed by atoms with Gasteiger partial charge in [-0.1, -0.05) is 31.4 Å². The number of methoxy groups -OCH3 is 1. The first-order valence-electron chi connectivity index (χ1n) is 7.20. The highest BCUT2D eigenvalue weighted by molar-refractivity contribution is 7.80. The summed E-state index contributed by atoms with van der Waals surface area (Å²) in [6, 6.07) is 6.28. The van der Waals surface area contributed by atoms with E-state index in [1.807, 2.05) is 0 Å². The third-order valence-corrected chi connectivity index (χ3v) is 3.78. The molecule has 0 amide bonds. The lowest BCUT2D eigenvalue weighted by atomic mass is 9.89. The van der Waals surface area contributed by atoms with Gasteiger partial charge in [-0.25, -0.2) is 4.79 Å². The summed E-state index contributed by atoms with van der Waals surface area (Å²) in [5.41, 5.74) is 1.64. The number of carbonyl (C=O) groups excluding carboxylic acids is 2. The minimum absolute atomic E-state index is 0.112. The highest BCUT2D eigenvalue weighted by atomic mass is 32.1. The van der Waals surface area contributed by atoms with E-state index in [-0.39, 0.29) is 6.61 Å². The molecule has 2 N–H and O–H groups in total. The van der Waals surface area contributed by atoms with Crippen molar-refractivity contribution in [3.8, 4) is 0 Å². The highest BCUT2D eigenvalue weighted by Crippen LogP contribution is 2.30. The summed E-state index contributed by atoms with van der Waals surface area (Å²) in [7, 11) is 1.32. The van der Waals surface area contributed by atoms with Gasteiger partial charge in [0.25, 0.3) is 0 Å². The van der Waals surface area contributed by atoms with Crippen LogP contribution in [0.25, 0.3) is 0 Å². The van der Waals surface area contributed by atoms with Crippen molar-refractivity contribution < 1.29 is 19.1 Å². The van der Waals surface area contributed by atoms with E-state index in [4.69, 9.17) is 17.0 Å². The Balaban J connectivity index is 2.30. The van der Waals surface area contributed by atoms with E-state index in [9.17, 15) is 9.59 Å². The van der Waals surface area contributed by atoms with Crippen LogP contribution in [0.4, 0.5) is 0 Å². The molecule has 1 fully saturated rings. The van der Waals surface area contributed by atoms with Crippen LogP contribution in [-0.4, -0.2) is 30.8 Å². The van der Waals surface area contributed by atoms with Gasteiger partial charge in [-0.05, 0) is 29.9 Å². The Hall–Kier alpha value is -2.67. The number of carbonyl (C=O) groups is 2. The summed E-state index contributed by atoms with van der Waals surface area (Å²) in [6.45, 7) is 7.51. The molecule has 0 aliphatic carbocycles. The first kappa shape index (κ1) is 17.7. The topological polar surface area (TPSA) is 76.7 Å². The molecular weight excluding hydrogens is 328 g/mol. The van der Waals surface area contributed by atoms with Crippen LogP contribution in [0, 0.1) is 5.92 Å². The van der Waals surface area contributed by atoms with Gasteiger partial charge >= 0.3 is 11.9 Å². The van der Waals surface area contributed by atoms with Crippen molar-refractivity contribution in [2.45, 2.75) is 6.04 Å². The summed E-state index contributed by atoms with van der Waals surface area (Å²) in [5.74, 6) is -1.54. The van der Waals surface area contributed by atoms with Crippen molar-refractivity contribution >= 4 is 29.3 Å². The molecule has 1 aromatic carbocycles. The van der Waals surface area contributed by atoms with Gasteiger partial charge in [-0.2, -0.15) is 0 Å². The van der Waals surface area contributed by atoms with Crippen molar-refractivity contribution in [3.05, 3.63) is 60.3 Å². The molecule has 1 aliphatic heterocycles. The number of hydrogen-bond donors (Lipinski definition) is 2. The minimum Gasteiger partial charge on any atom is -0.465 e. The van der Waals surface area contributed by atoms with Gasteiger partial charge in [-0.3, -0.25) is 4.79 Å². The average Bonchev–Trinajstić information content (AvgIpc) is 2.58. The predicted molar refractivity (Wildman–Crippen MR) is 93.2 cm³/mol. The summed E-state index contributed by atoms with van der Waals surface area (Å²) in [4.78, 5) is 23.9. The van der Waals surface area contributed by atoms with Crippen LogP contribution < -0.4 is 10.6 Å². The molecule has 1 aromatic rings. The fourth-order valence-corrected chi connectivity index (χ4v) is 2.67. The van der Waals surface area contributed by atoms with Crippen LogP contribution in [-0.2, 0) is 14.3 Å². The Bertz CT molecular complexity index is 684. The zero-order valence-corrected chi connectivity index (χ0v) is 14.0. The van der Waals surface area contributed by atoms with E-state index in [1.165, 1.54) is 13.2 Å². The third kappa shape index (κ3) is 3.80. The summed E-state index contributed by atoms with van der Waals surface area (Å²) in [6.07, 6.45) is 1.50. The molecule has 0 saturated carbocycles. The maximum atomic E-state index is 12.4. The molecule has 24 heavy (non-hydrogen) atoms. The second kappa shape index (κ2) is 7.74. The Morgan fingerprint density at radius 1 is 1.33 bits per heavy atom. The number of ether oxygens (including phenoxy) is 2. The lowest BCUT2D eigenvalue weighted by molar-refractivity contribution is -0.147. The fraction of sp³-hybridized carbons (Fsp3) is 0.235. The zero-order chi connectivity index (χ0) is 17.7. The van der Waals surface area contributed by atoms with Gasteiger partial charge in [0.15, 0.2) is 5.11 Å². The number of esters is 2. The van der Waals surface area contributed by atoms with Gasteiger partial charge in [0.2, 0.25) is 0 Å². The molecule has 0 radical (unpaired) electrons. The Kier molecular flexibility index (Phi) is 5.70. The Morgan fingerprint density at radius 3 is 2.58 bits per heavy atom. The molecule has 1 aliphatic rings. The monoisotopic (exact) mass is 346 g/mol. The fourth-order valence-electron chi connectivity index (χ4n) is 2.41. The van der Waals surface area contributed by atoms with Crippen molar-refractivity contribution in [1.29, 1.82) is 0 Å². The van der Waals surface area contributed by atoms with Crippen LogP contribution in [0.1, 0.15) is 22.0 Å². The molecule has 2 atom stereocenters. The summed E-state index contributed by atoms with van der Waals surface area (Å²) < 4.78 is 9.83. The van der Waals surface area contributed by atoms with Crippen molar-refractivity contribution in [3.63, 3.8) is 0 Å². The normalized spacial score (nSPS) is 19.7. The largest absolute Gasteiger partial charge is 0.465 e. The van der Waals surface area contributed by atoms with E-state index in [0.717, 1.165) is 5.56 Å². The van der Waals surface area contributed by atoms with E-state index in [0.29, 0.717) is 16.4 Å². The van der Waals surface area contributed by atoms with Gasteiger partial charge in [0.05, 0.1) is 18.7 Å². The van der Waals surface area contributed by atoms with Crippen LogP contribution in [0.2, 0.25) is 0 Å². The predicted octanol–water partition coefficient (Wildman–Crippen LogP) is 1.85. The van der Waals surface area contributed by atoms with Gasteiger partial charge < -0.3 is 20.1 Å². The number of rotatable bonds is 5. The average molecular weight is 346 g/mol. The highest BCUT2D eigenvalue weighted by Gasteiger charge is 2.37.